The second-order valence-electron chi connectivity index (χ2n) is 13.7. The summed E-state index contributed by atoms with van der Waals surface area (Å²) in [5, 5.41) is 4.81. The lowest BCUT2D eigenvalue weighted by Gasteiger charge is -2.29. The topological polar surface area (TPSA) is 21.3 Å². The standard InChI is InChI=1S/C48H32N2O/c1-2-11-34(12-3-1)49-43-18-7-4-13-37(43)41-29-32(23-27-45(41)49)33-24-28-46-42(30-33)38-14-5-8-19-44(38)50(46)35-25-21-31(22-26-35)36-16-10-17-40-39-15-6-9-20-47(39)51-48(36)40/h1-30,41,45H. The number of allylic oxidation sites excluding steroid dienone is 2. The minimum Gasteiger partial charge on any atom is -0.455 e. The van der Waals surface area contributed by atoms with Crippen LogP contribution in [0.15, 0.2) is 186 Å². The summed E-state index contributed by atoms with van der Waals surface area (Å²) in [6.07, 6.45) is 7.20. The minimum absolute atomic E-state index is 0.251. The zero-order valence-electron chi connectivity index (χ0n) is 27.8. The van der Waals surface area contributed by atoms with Crippen LogP contribution in [-0.4, -0.2) is 10.6 Å². The first-order valence-electron chi connectivity index (χ1n) is 17.7. The molecule has 3 heteroatoms. The summed E-state index contributed by atoms with van der Waals surface area (Å²) < 4.78 is 8.76. The fourth-order valence-corrected chi connectivity index (χ4v) is 8.63. The zero-order chi connectivity index (χ0) is 33.5. The normalized spacial score (nSPS) is 16.6. The quantitative estimate of drug-likeness (QED) is 0.189. The van der Waals surface area contributed by atoms with Crippen LogP contribution < -0.4 is 4.90 Å². The van der Waals surface area contributed by atoms with Crippen LogP contribution in [0.3, 0.4) is 0 Å². The van der Waals surface area contributed by atoms with E-state index in [4.69, 9.17) is 4.42 Å². The van der Waals surface area contributed by atoms with Crippen LogP contribution in [-0.2, 0) is 0 Å². The Hall–Kier alpha value is -6.58. The largest absolute Gasteiger partial charge is 0.455 e. The summed E-state index contributed by atoms with van der Waals surface area (Å²) >= 11 is 0. The summed E-state index contributed by atoms with van der Waals surface area (Å²) in [6.45, 7) is 0. The molecule has 0 N–H and O–H groups in total. The Morgan fingerprint density at radius 3 is 2.14 bits per heavy atom. The number of anilines is 2. The van der Waals surface area contributed by atoms with Gasteiger partial charge in [-0.25, -0.2) is 0 Å². The van der Waals surface area contributed by atoms with Crippen LogP contribution in [0, 0.1) is 0 Å². The maximum atomic E-state index is 6.37. The molecular formula is C48H32N2O. The molecule has 0 amide bonds. The van der Waals surface area contributed by atoms with Gasteiger partial charge < -0.3 is 13.9 Å². The van der Waals surface area contributed by atoms with Gasteiger partial charge in [0.05, 0.1) is 17.1 Å². The van der Waals surface area contributed by atoms with Crippen molar-refractivity contribution < 1.29 is 4.42 Å². The molecule has 2 aromatic heterocycles. The maximum absolute atomic E-state index is 6.37. The highest BCUT2D eigenvalue weighted by molar-refractivity contribution is 6.11. The van der Waals surface area contributed by atoms with Crippen molar-refractivity contribution in [2.24, 2.45) is 0 Å². The summed E-state index contributed by atoms with van der Waals surface area (Å²) in [4.78, 5) is 2.49. The van der Waals surface area contributed by atoms with Crippen molar-refractivity contribution >= 4 is 60.7 Å². The van der Waals surface area contributed by atoms with Crippen molar-refractivity contribution in [3.63, 3.8) is 0 Å². The third-order valence-corrected chi connectivity index (χ3v) is 10.9. The maximum Gasteiger partial charge on any atom is 0.143 e. The van der Waals surface area contributed by atoms with E-state index in [1.54, 1.807) is 0 Å². The Bertz CT molecular complexity index is 2870. The number of aromatic nitrogens is 1. The Balaban J connectivity index is 0.989. The van der Waals surface area contributed by atoms with Crippen LogP contribution >= 0.6 is 0 Å². The lowest BCUT2D eigenvalue weighted by Crippen LogP contribution is -2.28. The fraction of sp³-hybridized carbons (Fsp3) is 0.0417. The summed E-state index contributed by atoms with van der Waals surface area (Å²) in [5.74, 6) is 0.280. The molecule has 0 saturated carbocycles. The third kappa shape index (κ3) is 4.25. The molecular weight excluding hydrogens is 621 g/mol. The average Bonchev–Trinajstić information content (AvgIpc) is 3.86. The molecule has 0 radical (unpaired) electrons. The van der Waals surface area contributed by atoms with Gasteiger partial charge in [0.2, 0.25) is 0 Å². The summed E-state index contributed by atoms with van der Waals surface area (Å²) in [7, 11) is 0. The molecule has 0 bridgehead atoms. The molecule has 1 aliphatic heterocycles. The van der Waals surface area contributed by atoms with Crippen LogP contribution in [0.4, 0.5) is 11.4 Å². The molecule has 0 saturated heterocycles. The minimum atomic E-state index is 0.251. The summed E-state index contributed by atoms with van der Waals surface area (Å²) in [5.41, 5.74) is 14.0. The number of nitrogens with zero attached hydrogens (tertiary/aromatic N) is 2. The highest BCUT2D eigenvalue weighted by Crippen LogP contribution is 2.49. The number of rotatable bonds is 4. The van der Waals surface area contributed by atoms with Crippen molar-refractivity contribution in [1.82, 2.24) is 4.57 Å². The Labute approximate surface area is 295 Å². The molecule has 240 valence electrons. The fourth-order valence-electron chi connectivity index (χ4n) is 8.63. The van der Waals surface area contributed by atoms with Crippen LogP contribution in [0.1, 0.15) is 17.0 Å². The van der Waals surface area contributed by atoms with E-state index in [1.807, 2.05) is 12.1 Å². The van der Waals surface area contributed by atoms with Crippen molar-refractivity contribution in [3.05, 3.63) is 193 Å². The first-order valence-corrected chi connectivity index (χ1v) is 17.7. The molecule has 3 nitrogen and oxygen atoms in total. The second kappa shape index (κ2) is 11.0. The first kappa shape index (κ1) is 28.3. The number of fused-ring (bicyclic) bond motifs is 9. The smallest absolute Gasteiger partial charge is 0.143 e. The number of hydrogen-bond donors (Lipinski definition) is 0. The molecule has 9 aromatic rings. The van der Waals surface area contributed by atoms with Gasteiger partial charge >= 0.3 is 0 Å². The zero-order valence-corrected chi connectivity index (χ0v) is 27.8. The molecule has 0 spiro atoms. The molecule has 2 unspecified atom stereocenters. The van der Waals surface area contributed by atoms with Gasteiger partial charge in [0.25, 0.3) is 0 Å². The van der Waals surface area contributed by atoms with Crippen LogP contribution in [0.25, 0.3) is 66.1 Å². The van der Waals surface area contributed by atoms with Crippen molar-refractivity contribution in [2.45, 2.75) is 12.0 Å². The van der Waals surface area contributed by atoms with Gasteiger partial charge in [-0.15, -0.1) is 0 Å². The molecule has 11 rings (SSSR count). The number of hydrogen-bond acceptors (Lipinski definition) is 2. The van der Waals surface area contributed by atoms with E-state index < -0.39 is 0 Å². The Kier molecular flexibility index (Phi) is 6.08. The SMILES string of the molecule is C1=CC2C(C=C1c1ccc3c(c1)c1ccccc1n3-c1ccc(-c3cccc4c3oc3ccccc34)cc1)c1ccccc1N2c1ccccc1. The monoisotopic (exact) mass is 652 g/mol. The molecule has 2 aliphatic rings. The lowest BCUT2D eigenvalue weighted by molar-refractivity contribution is 0.670. The van der Waals surface area contributed by atoms with Gasteiger partial charge in [0.15, 0.2) is 0 Å². The van der Waals surface area contributed by atoms with E-state index in [2.05, 4.69) is 179 Å². The van der Waals surface area contributed by atoms with Gasteiger partial charge in [-0.05, 0) is 76.9 Å². The predicted molar refractivity (Wildman–Crippen MR) is 212 cm³/mol. The highest BCUT2D eigenvalue weighted by atomic mass is 16.3. The van der Waals surface area contributed by atoms with Crippen molar-refractivity contribution in [3.8, 4) is 16.8 Å². The Morgan fingerprint density at radius 2 is 1.24 bits per heavy atom. The molecule has 2 atom stereocenters. The average molecular weight is 653 g/mol. The van der Waals surface area contributed by atoms with Gasteiger partial charge in [-0.1, -0.05) is 127 Å². The van der Waals surface area contributed by atoms with E-state index in [1.165, 1.54) is 49.9 Å². The lowest BCUT2D eigenvalue weighted by atomic mass is 9.86. The van der Waals surface area contributed by atoms with Crippen molar-refractivity contribution in [1.29, 1.82) is 0 Å². The van der Waals surface area contributed by atoms with Gasteiger partial charge in [-0.2, -0.15) is 0 Å². The van der Waals surface area contributed by atoms with E-state index >= 15 is 0 Å². The third-order valence-electron chi connectivity index (χ3n) is 10.9. The second-order valence-corrected chi connectivity index (χ2v) is 13.7. The van der Waals surface area contributed by atoms with Crippen LogP contribution in [0.5, 0.6) is 0 Å². The van der Waals surface area contributed by atoms with Crippen LogP contribution in [0.2, 0.25) is 0 Å². The molecule has 7 aromatic carbocycles. The van der Waals surface area contributed by atoms with E-state index in [0.717, 1.165) is 38.8 Å². The van der Waals surface area contributed by atoms with E-state index in [9.17, 15) is 0 Å². The van der Waals surface area contributed by atoms with E-state index in [-0.39, 0.29) is 12.0 Å². The number of furan rings is 1. The van der Waals surface area contributed by atoms with Gasteiger partial charge in [0, 0.05) is 50.1 Å². The van der Waals surface area contributed by atoms with Gasteiger partial charge in [-0.3, -0.25) is 0 Å². The van der Waals surface area contributed by atoms with Crippen molar-refractivity contribution in [2.75, 3.05) is 4.90 Å². The first-order chi connectivity index (χ1) is 25.3. The molecule has 1 aliphatic carbocycles. The number of benzene rings is 7. The molecule has 0 fully saturated rings. The predicted octanol–water partition coefficient (Wildman–Crippen LogP) is 12.6. The van der Waals surface area contributed by atoms with E-state index in [0.29, 0.717) is 0 Å². The Morgan fingerprint density at radius 1 is 0.510 bits per heavy atom. The summed E-state index contributed by atoms with van der Waals surface area (Å²) in [6, 6.07) is 59.2. The molecule has 51 heavy (non-hydrogen) atoms. The highest BCUT2D eigenvalue weighted by Gasteiger charge is 2.38. The number of para-hydroxylation sites is 5. The molecule has 3 heterocycles. The van der Waals surface area contributed by atoms with Gasteiger partial charge in [0.1, 0.15) is 11.2 Å².